The van der Waals surface area contributed by atoms with E-state index in [1.807, 2.05) is 18.2 Å². The van der Waals surface area contributed by atoms with Gasteiger partial charge in [-0.25, -0.2) is 0 Å². The van der Waals surface area contributed by atoms with Crippen LogP contribution in [0.5, 0.6) is 11.5 Å². The summed E-state index contributed by atoms with van der Waals surface area (Å²) in [5.74, 6) is 5.08. The van der Waals surface area contributed by atoms with Gasteiger partial charge in [-0.05, 0) is 73.4 Å². The summed E-state index contributed by atoms with van der Waals surface area (Å²) in [6, 6.07) is 5.94. The minimum atomic E-state index is 0.299. The fourth-order valence-electron chi connectivity index (χ4n) is 5.34. The Balaban J connectivity index is 1.15. The highest BCUT2D eigenvalue weighted by atomic mass is 32.1. The van der Waals surface area contributed by atoms with Crippen molar-refractivity contribution >= 4 is 23.0 Å². The molecule has 0 spiro atoms. The van der Waals surface area contributed by atoms with E-state index in [2.05, 4.69) is 15.8 Å². The van der Waals surface area contributed by atoms with Gasteiger partial charge in [-0.3, -0.25) is 5.43 Å². The zero-order valence-corrected chi connectivity index (χ0v) is 15.0. The quantitative estimate of drug-likeness (QED) is 0.643. The minimum Gasteiger partial charge on any atom is -0.454 e. The largest absolute Gasteiger partial charge is 0.454 e. The van der Waals surface area contributed by atoms with Gasteiger partial charge in [-0.2, -0.15) is 5.10 Å². The summed E-state index contributed by atoms with van der Waals surface area (Å²) < 4.78 is 10.7. The average Bonchev–Trinajstić information content (AvgIpc) is 3.39. The second-order valence-corrected chi connectivity index (χ2v) is 8.06. The summed E-state index contributed by atoms with van der Waals surface area (Å²) in [5, 5.41) is 8.46. The molecule has 1 aromatic carbocycles. The summed E-state index contributed by atoms with van der Waals surface area (Å²) >= 11 is 5.38. The van der Waals surface area contributed by atoms with E-state index in [9.17, 15) is 0 Å². The molecule has 0 saturated heterocycles. The van der Waals surface area contributed by atoms with Gasteiger partial charge in [0.1, 0.15) is 0 Å². The molecule has 1 heterocycles. The second kappa shape index (κ2) is 6.16. The minimum absolute atomic E-state index is 0.299. The maximum Gasteiger partial charge on any atom is 0.231 e. The SMILES string of the molecule is S=C(NCc1ccc2c(c1)OCO2)N/N=C1\C[C@H]2C[C@H]1[C@H]1CCC[C@@H]21. The molecule has 2 bridgehead atoms. The summed E-state index contributed by atoms with van der Waals surface area (Å²) in [6.45, 7) is 0.942. The molecule has 25 heavy (non-hydrogen) atoms. The lowest BCUT2D eigenvalue weighted by Gasteiger charge is -2.25. The molecule has 5 nitrogen and oxygen atoms in total. The summed E-state index contributed by atoms with van der Waals surface area (Å²) in [5.41, 5.74) is 5.52. The Morgan fingerprint density at radius 3 is 3.04 bits per heavy atom. The second-order valence-electron chi connectivity index (χ2n) is 7.65. The Morgan fingerprint density at radius 2 is 2.08 bits per heavy atom. The molecule has 2 N–H and O–H groups in total. The Kier molecular flexibility index (Phi) is 3.81. The van der Waals surface area contributed by atoms with E-state index < -0.39 is 0 Å². The van der Waals surface area contributed by atoms with Gasteiger partial charge in [0.2, 0.25) is 6.79 Å². The molecule has 0 radical (unpaired) electrons. The van der Waals surface area contributed by atoms with Crippen molar-refractivity contribution < 1.29 is 9.47 Å². The highest BCUT2D eigenvalue weighted by Crippen LogP contribution is 2.57. The molecule has 4 atom stereocenters. The van der Waals surface area contributed by atoms with Gasteiger partial charge >= 0.3 is 0 Å². The number of hydrogen-bond acceptors (Lipinski definition) is 4. The highest BCUT2D eigenvalue weighted by molar-refractivity contribution is 7.80. The molecule has 6 heteroatoms. The van der Waals surface area contributed by atoms with E-state index in [4.69, 9.17) is 21.7 Å². The van der Waals surface area contributed by atoms with Gasteiger partial charge in [0.25, 0.3) is 0 Å². The molecule has 1 aliphatic heterocycles. The monoisotopic (exact) mass is 357 g/mol. The molecule has 3 saturated carbocycles. The fourth-order valence-corrected chi connectivity index (χ4v) is 5.46. The molecular formula is C19H23N3O2S. The van der Waals surface area contributed by atoms with Gasteiger partial charge in [0.15, 0.2) is 16.6 Å². The molecular weight excluding hydrogens is 334 g/mol. The number of nitrogens with zero attached hydrogens (tertiary/aromatic N) is 1. The van der Waals surface area contributed by atoms with Crippen LogP contribution in [0.25, 0.3) is 0 Å². The standard InChI is InChI=1S/C19H23N3O2S/c25-19(20-9-11-4-5-17-18(6-11)24-10-23-17)22-21-16-8-12-7-15(16)14-3-1-2-13(12)14/h4-6,12-15H,1-3,7-10H2,(H2,20,22,25)/b21-16+/t12-,13+,14+,15+/m1/s1. The zero-order valence-electron chi connectivity index (χ0n) is 14.2. The third-order valence-corrected chi connectivity index (χ3v) is 6.63. The first-order valence-corrected chi connectivity index (χ1v) is 9.67. The number of ether oxygens (including phenoxy) is 2. The molecule has 3 aliphatic carbocycles. The Hall–Kier alpha value is -1.82. The lowest BCUT2D eigenvalue weighted by Crippen LogP contribution is -2.34. The first-order chi connectivity index (χ1) is 12.3. The fraction of sp³-hybridized carbons (Fsp3) is 0.579. The molecule has 5 rings (SSSR count). The van der Waals surface area contributed by atoms with E-state index in [0.717, 1.165) is 34.8 Å². The highest BCUT2D eigenvalue weighted by Gasteiger charge is 2.52. The molecule has 0 aromatic heterocycles. The maximum absolute atomic E-state index is 5.40. The van der Waals surface area contributed by atoms with Crippen LogP contribution in [0.3, 0.4) is 0 Å². The van der Waals surface area contributed by atoms with E-state index in [1.165, 1.54) is 37.8 Å². The Morgan fingerprint density at radius 1 is 1.20 bits per heavy atom. The molecule has 1 aromatic rings. The number of nitrogens with one attached hydrogen (secondary N) is 2. The van der Waals surface area contributed by atoms with Gasteiger partial charge in [-0.1, -0.05) is 12.5 Å². The first kappa shape index (κ1) is 15.4. The van der Waals surface area contributed by atoms with Crippen molar-refractivity contribution in [3.05, 3.63) is 23.8 Å². The third kappa shape index (κ3) is 2.76. The predicted octanol–water partition coefficient (Wildman–Crippen LogP) is 3.19. The van der Waals surface area contributed by atoms with Crippen molar-refractivity contribution in [1.29, 1.82) is 0 Å². The number of hydrogen-bond donors (Lipinski definition) is 2. The average molecular weight is 357 g/mol. The van der Waals surface area contributed by atoms with Gasteiger partial charge in [-0.15, -0.1) is 0 Å². The summed E-state index contributed by atoms with van der Waals surface area (Å²) in [6.07, 6.45) is 6.79. The van der Waals surface area contributed by atoms with E-state index >= 15 is 0 Å². The van der Waals surface area contributed by atoms with Crippen LogP contribution in [-0.2, 0) is 6.54 Å². The van der Waals surface area contributed by atoms with Crippen LogP contribution in [0.15, 0.2) is 23.3 Å². The number of hydrazone groups is 1. The van der Waals surface area contributed by atoms with Crippen LogP contribution in [0.2, 0.25) is 0 Å². The number of fused-ring (bicyclic) bond motifs is 6. The van der Waals surface area contributed by atoms with Crippen LogP contribution in [-0.4, -0.2) is 17.6 Å². The van der Waals surface area contributed by atoms with Gasteiger partial charge < -0.3 is 14.8 Å². The molecule has 0 unspecified atom stereocenters. The van der Waals surface area contributed by atoms with E-state index in [-0.39, 0.29) is 0 Å². The van der Waals surface area contributed by atoms with Gasteiger partial charge in [0.05, 0.1) is 0 Å². The van der Waals surface area contributed by atoms with E-state index in [1.54, 1.807) is 0 Å². The van der Waals surface area contributed by atoms with Crippen molar-refractivity contribution in [2.75, 3.05) is 6.79 Å². The molecule has 132 valence electrons. The van der Waals surface area contributed by atoms with Crippen molar-refractivity contribution in [2.45, 2.75) is 38.6 Å². The lowest BCUT2D eigenvalue weighted by atomic mass is 9.81. The number of benzene rings is 1. The third-order valence-electron chi connectivity index (χ3n) is 6.39. The van der Waals surface area contributed by atoms with E-state index in [0.29, 0.717) is 24.4 Å². The summed E-state index contributed by atoms with van der Waals surface area (Å²) in [7, 11) is 0. The van der Waals surface area contributed by atoms with Crippen LogP contribution in [0.1, 0.15) is 37.7 Å². The van der Waals surface area contributed by atoms with Crippen molar-refractivity contribution in [1.82, 2.24) is 10.7 Å². The van der Waals surface area contributed by atoms with Crippen molar-refractivity contribution in [2.24, 2.45) is 28.8 Å². The Bertz CT molecular complexity index is 735. The zero-order chi connectivity index (χ0) is 16.8. The van der Waals surface area contributed by atoms with Crippen LogP contribution in [0, 0.1) is 23.7 Å². The van der Waals surface area contributed by atoms with Crippen LogP contribution < -0.4 is 20.2 Å². The number of rotatable bonds is 3. The lowest BCUT2D eigenvalue weighted by molar-refractivity contribution is 0.174. The topological polar surface area (TPSA) is 54.9 Å². The Labute approximate surface area is 153 Å². The van der Waals surface area contributed by atoms with Gasteiger partial charge in [0, 0.05) is 18.2 Å². The molecule has 0 amide bonds. The molecule has 4 aliphatic rings. The first-order valence-electron chi connectivity index (χ1n) is 9.27. The predicted molar refractivity (Wildman–Crippen MR) is 99.6 cm³/mol. The maximum atomic E-state index is 5.40. The number of thiocarbonyl (C=S) groups is 1. The van der Waals surface area contributed by atoms with Crippen LogP contribution >= 0.6 is 12.2 Å². The summed E-state index contributed by atoms with van der Waals surface area (Å²) in [4.78, 5) is 0. The van der Waals surface area contributed by atoms with Crippen molar-refractivity contribution in [3.8, 4) is 11.5 Å². The van der Waals surface area contributed by atoms with Crippen LogP contribution in [0.4, 0.5) is 0 Å². The molecule has 3 fully saturated rings. The normalized spacial score (nSPS) is 32.9. The smallest absolute Gasteiger partial charge is 0.231 e. The van der Waals surface area contributed by atoms with Crippen molar-refractivity contribution in [3.63, 3.8) is 0 Å².